The summed E-state index contributed by atoms with van der Waals surface area (Å²) in [7, 11) is 0. The molecule has 2 aromatic carbocycles. The highest BCUT2D eigenvalue weighted by Crippen LogP contribution is 2.34. The van der Waals surface area contributed by atoms with Gasteiger partial charge in [-0.05, 0) is 36.6 Å². The molecule has 160 valence electrons. The van der Waals surface area contributed by atoms with Crippen LogP contribution in [0.5, 0.6) is 5.75 Å². The Labute approximate surface area is 179 Å². The summed E-state index contributed by atoms with van der Waals surface area (Å²) >= 11 is 1.59. The molecule has 0 saturated carbocycles. The quantitative estimate of drug-likeness (QED) is 0.379. The molecule has 1 amide bonds. The molecular weight excluding hydrogens is 406 g/mol. The monoisotopic (exact) mass is 431 g/mol. The lowest BCUT2D eigenvalue weighted by atomic mass is 9.96. The molecule has 0 fully saturated rings. The number of anilines is 1. The zero-order chi connectivity index (χ0) is 21.9. The largest absolute Gasteiger partial charge is 0.491 e. The van der Waals surface area contributed by atoms with Gasteiger partial charge in [0, 0.05) is 28.1 Å². The summed E-state index contributed by atoms with van der Waals surface area (Å²) in [6.45, 7) is 1.66. The molecular formula is C22H25NO6S. The third kappa shape index (κ3) is 7.13. The van der Waals surface area contributed by atoms with E-state index in [1.807, 2.05) is 18.4 Å². The molecule has 2 atom stereocenters. The molecule has 0 radical (unpaired) electrons. The molecule has 3 N–H and O–H groups in total. The first-order chi connectivity index (χ1) is 14.4. The number of aliphatic hydroxyl groups excluding tert-OH is 1. The molecule has 0 aliphatic carbocycles. The summed E-state index contributed by atoms with van der Waals surface area (Å²) < 4.78 is 11.2. The maximum atomic E-state index is 12.6. The smallest absolute Gasteiger partial charge is 0.412 e. The standard InChI is InChI=1S/C22H25NO6S/c1-15(7-12-20(25)26)21(18-5-3-4-6-19(18)28-14-13-24)29-22(27)23-16-8-10-17(30-2)11-9-16/h3-12,15,21,24H,13-14H2,1-2H3,(H,23,27)(H,25,26)/b12-7+/t15-,21-/m1/s1. The van der Waals surface area contributed by atoms with Gasteiger partial charge in [-0.2, -0.15) is 0 Å². The van der Waals surface area contributed by atoms with Crippen LogP contribution in [-0.2, 0) is 9.53 Å². The number of carbonyl (C=O) groups excluding carboxylic acids is 1. The van der Waals surface area contributed by atoms with Crippen molar-refractivity contribution >= 4 is 29.5 Å². The lowest BCUT2D eigenvalue weighted by Crippen LogP contribution is -2.22. The topological polar surface area (TPSA) is 105 Å². The number of hydrogen-bond acceptors (Lipinski definition) is 6. The second-order valence-electron chi connectivity index (χ2n) is 6.35. The molecule has 8 heteroatoms. The third-order valence-corrected chi connectivity index (χ3v) is 4.91. The van der Waals surface area contributed by atoms with E-state index < -0.39 is 24.1 Å². The number of amides is 1. The number of carbonyl (C=O) groups is 2. The van der Waals surface area contributed by atoms with Crippen LogP contribution in [0.4, 0.5) is 10.5 Å². The number of nitrogens with one attached hydrogen (secondary N) is 1. The molecule has 0 aliphatic rings. The van der Waals surface area contributed by atoms with Crippen LogP contribution in [-0.4, -0.2) is 41.7 Å². The molecule has 0 aliphatic heterocycles. The van der Waals surface area contributed by atoms with Crippen LogP contribution < -0.4 is 10.1 Å². The first-order valence-corrected chi connectivity index (χ1v) is 10.5. The fraction of sp³-hybridized carbons (Fsp3) is 0.273. The highest BCUT2D eigenvalue weighted by Gasteiger charge is 2.25. The maximum Gasteiger partial charge on any atom is 0.412 e. The Balaban J connectivity index is 2.25. The number of carboxylic acid groups (broad SMARTS) is 1. The first kappa shape index (κ1) is 23.3. The van der Waals surface area contributed by atoms with Crippen molar-refractivity contribution in [2.75, 3.05) is 24.8 Å². The Morgan fingerprint density at radius 1 is 1.17 bits per heavy atom. The predicted octanol–water partition coefficient (Wildman–Crippen LogP) is 4.35. The number of aliphatic carboxylic acids is 1. The summed E-state index contributed by atoms with van der Waals surface area (Å²) in [6, 6.07) is 14.3. The van der Waals surface area contributed by atoms with Crippen molar-refractivity contribution in [3.05, 3.63) is 66.2 Å². The van der Waals surface area contributed by atoms with E-state index in [4.69, 9.17) is 19.7 Å². The number of ether oxygens (including phenoxy) is 2. The number of hydrogen-bond donors (Lipinski definition) is 3. The van der Waals surface area contributed by atoms with Crippen molar-refractivity contribution in [1.82, 2.24) is 0 Å². The molecule has 0 spiro atoms. The molecule has 7 nitrogen and oxygen atoms in total. The van der Waals surface area contributed by atoms with Crippen LogP contribution in [0, 0.1) is 5.92 Å². The van der Waals surface area contributed by atoms with Gasteiger partial charge in [-0.1, -0.05) is 31.2 Å². The van der Waals surface area contributed by atoms with Crippen LogP contribution in [0.3, 0.4) is 0 Å². The van der Waals surface area contributed by atoms with Crippen molar-refractivity contribution < 1.29 is 29.3 Å². The van der Waals surface area contributed by atoms with Crippen molar-refractivity contribution in [3.63, 3.8) is 0 Å². The Hall–Kier alpha value is -2.97. The van der Waals surface area contributed by atoms with E-state index >= 15 is 0 Å². The molecule has 0 heterocycles. The number of rotatable bonds is 10. The maximum absolute atomic E-state index is 12.6. The minimum Gasteiger partial charge on any atom is -0.491 e. The first-order valence-electron chi connectivity index (χ1n) is 9.30. The van der Waals surface area contributed by atoms with Gasteiger partial charge in [-0.25, -0.2) is 9.59 Å². The van der Waals surface area contributed by atoms with E-state index in [-0.39, 0.29) is 13.2 Å². The van der Waals surface area contributed by atoms with E-state index in [1.165, 1.54) is 6.08 Å². The van der Waals surface area contributed by atoms with Crippen molar-refractivity contribution in [1.29, 1.82) is 0 Å². The minimum absolute atomic E-state index is 0.0804. The predicted molar refractivity (Wildman–Crippen MR) is 116 cm³/mol. The average molecular weight is 432 g/mol. The van der Waals surface area contributed by atoms with Gasteiger partial charge in [0.15, 0.2) is 0 Å². The molecule has 0 unspecified atom stereocenters. The molecule has 0 bridgehead atoms. The van der Waals surface area contributed by atoms with Crippen LogP contribution in [0.2, 0.25) is 0 Å². The molecule has 2 rings (SSSR count). The van der Waals surface area contributed by atoms with Gasteiger partial charge in [0.25, 0.3) is 0 Å². The van der Waals surface area contributed by atoms with Crippen LogP contribution in [0.15, 0.2) is 65.6 Å². The van der Waals surface area contributed by atoms with Gasteiger partial charge in [-0.15, -0.1) is 11.8 Å². The zero-order valence-corrected chi connectivity index (χ0v) is 17.6. The SMILES string of the molecule is CSc1ccc(NC(=O)O[C@@H](c2ccccc2OCCO)[C@H](C)/C=C/C(=O)O)cc1. The summed E-state index contributed by atoms with van der Waals surface area (Å²) in [5, 5.41) is 20.7. The lowest BCUT2D eigenvalue weighted by Gasteiger charge is -2.24. The second-order valence-corrected chi connectivity index (χ2v) is 7.23. The van der Waals surface area contributed by atoms with Crippen molar-refractivity contribution in [2.45, 2.75) is 17.9 Å². The van der Waals surface area contributed by atoms with Gasteiger partial charge in [0.05, 0.1) is 6.61 Å². The van der Waals surface area contributed by atoms with E-state index in [9.17, 15) is 9.59 Å². The van der Waals surface area contributed by atoms with E-state index in [1.54, 1.807) is 55.1 Å². The summed E-state index contributed by atoms with van der Waals surface area (Å²) in [5.74, 6) is -1.10. The van der Waals surface area contributed by atoms with Gasteiger partial charge in [0.1, 0.15) is 18.5 Å². The molecule has 2 aromatic rings. The normalized spacial score (nSPS) is 12.9. The lowest BCUT2D eigenvalue weighted by molar-refractivity contribution is -0.131. The fourth-order valence-electron chi connectivity index (χ4n) is 2.73. The van der Waals surface area contributed by atoms with Crippen molar-refractivity contribution in [2.24, 2.45) is 5.92 Å². The highest BCUT2D eigenvalue weighted by atomic mass is 32.2. The second kappa shape index (κ2) is 11.9. The van der Waals surface area contributed by atoms with Crippen LogP contribution >= 0.6 is 11.8 Å². The molecule has 0 aromatic heterocycles. The van der Waals surface area contributed by atoms with E-state index in [0.717, 1.165) is 11.0 Å². The highest BCUT2D eigenvalue weighted by molar-refractivity contribution is 7.98. The molecule has 0 saturated heterocycles. The minimum atomic E-state index is -1.09. The van der Waals surface area contributed by atoms with Crippen molar-refractivity contribution in [3.8, 4) is 5.75 Å². The Kier molecular flexibility index (Phi) is 9.24. The Bertz CT molecular complexity index is 868. The number of aliphatic hydroxyl groups is 1. The average Bonchev–Trinajstić information content (AvgIpc) is 2.75. The van der Waals surface area contributed by atoms with Gasteiger partial charge in [0.2, 0.25) is 0 Å². The van der Waals surface area contributed by atoms with Crippen LogP contribution in [0.25, 0.3) is 0 Å². The number of thioether (sulfide) groups is 1. The third-order valence-electron chi connectivity index (χ3n) is 4.16. The Morgan fingerprint density at radius 2 is 1.87 bits per heavy atom. The van der Waals surface area contributed by atoms with E-state index in [0.29, 0.717) is 17.0 Å². The van der Waals surface area contributed by atoms with Gasteiger partial charge in [-0.3, -0.25) is 5.32 Å². The van der Waals surface area contributed by atoms with Gasteiger partial charge >= 0.3 is 12.1 Å². The number of carboxylic acids is 1. The summed E-state index contributed by atoms with van der Waals surface area (Å²) in [6.07, 6.45) is 2.95. The van der Waals surface area contributed by atoms with E-state index in [2.05, 4.69) is 5.32 Å². The Morgan fingerprint density at radius 3 is 2.50 bits per heavy atom. The molecule has 30 heavy (non-hydrogen) atoms. The summed E-state index contributed by atoms with van der Waals surface area (Å²) in [5.41, 5.74) is 1.15. The zero-order valence-electron chi connectivity index (χ0n) is 16.8. The number of para-hydroxylation sites is 1. The fourth-order valence-corrected chi connectivity index (χ4v) is 3.14. The number of benzene rings is 2. The summed E-state index contributed by atoms with van der Waals surface area (Å²) in [4.78, 5) is 24.5. The van der Waals surface area contributed by atoms with Gasteiger partial charge < -0.3 is 19.7 Å². The van der Waals surface area contributed by atoms with Crippen LogP contribution in [0.1, 0.15) is 18.6 Å².